The molecule has 0 aliphatic rings. The SMILES string of the molecule is CSc1cccc(F)c1-c1nc(-c2ccc(Br)cc2)cs1. The predicted octanol–water partition coefficient (Wildman–Crippen LogP) is 6.10. The highest BCUT2D eigenvalue weighted by Crippen LogP contribution is 2.36. The minimum absolute atomic E-state index is 0.224. The first-order valence-electron chi connectivity index (χ1n) is 6.23. The normalized spacial score (nSPS) is 10.8. The Morgan fingerprint density at radius 3 is 2.62 bits per heavy atom. The average Bonchev–Trinajstić information content (AvgIpc) is 2.97. The topological polar surface area (TPSA) is 12.9 Å². The Morgan fingerprint density at radius 2 is 1.90 bits per heavy atom. The maximum Gasteiger partial charge on any atom is 0.134 e. The molecular weight excluding hydrogens is 369 g/mol. The fourth-order valence-electron chi connectivity index (χ4n) is 2.02. The zero-order valence-corrected chi connectivity index (χ0v) is 14.4. The van der Waals surface area contributed by atoms with E-state index < -0.39 is 0 Å². The number of rotatable bonds is 3. The molecule has 0 N–H and O–H groups in total. The predicted molar refractivity (Wildman–Crippen MR) is 92.4 cm³/mol. The Bertz CT molecular complexity index is 768. The number of aromatic nitrogens is 1. The highest BCUT2D eigenvalue weighted by Gasteiger charge is 2.14. The Labute approximate surface area is 139 Å². The van der Waals surface area contributed by atoms with Crippen molar-refractivity contribution in [1.82, 2.24) is 4.98 Å². The molecule has 0 saturated heterocycles. The molecule has 0 bridgehead atoms. The lowest BCUT2D eigenvalue weighted by molar-refractivity contribution is 0.628. The second-order valence-electron chi connectivity index (χ2n) is 4.36. The van der Waals surface area contributed by atoms with Crippen LogP contribution in [0, 0.1) is 5.82 Å². The first kappa shape index (κ1) is 14.8. The summed E-state index contributed by atoms with van der Waals surface area (Å²) in [6, 6.07) is 13.1. The molecule has 1 heterocycles. The van der Waals surface area contributed by atoms with Gasteiger partial charge < -0.3 is 0 Å². The molecule has 0 aliphatic heterocycles. The van der Waals surface area contributed by atoms with Crippen molar-refractivity contribution in [3.63, 3.8) is 0 Å². The molecule has 106 valence electrons. The molecule has 0 amide bonds. The van der Waals surface area contributed by atoms with E-state index in [4.69, 9.17) is 0 Å². The summed E-state index contributed by atoms with van der Waals surface area (Å²) in [7, 11) is 0. The van der Waals surface area contributed by atoms with Gasteiger partial charge >= 0.3 is 0 Å². The van der Waals surface area contributed by atoms with E-state index in [0.717, 1.165) is 25.6 Å². The number of hydrogen-bond donors (Lipinski definition) is 0. The fraction of sp³-hybridized carbons (Fsp3) is 0.0625. The van der Waals surface area contributed by atoms with E-state index in [2.05, 4.69) is 20.9 Å². The third-order valence-corrected chi connectivity index (χ3v) is 5.22. The van der Waals surface area contributed by atoms with E-state index in [-0.39, 0.29) is 5.82 Å². The van der Waals surface area contributed by atoms with Crippen molar-refractivity contribution in [3.8, 4) is 21.8 Å². The Kier molecular flexibility index (Phi) is 4.42. The van der Waals surface area contributed by atoms with Gasteiger partial charge in [-0.3, -0.25) is 0 Å². The minimum atomic E-state index is -0.224. The summed E-state index contributed by atoms with van der Waals surface area (Å²) in [4.78, 5) is 5.51. The van der Waals surface area contributed by atoms with Crippen molar-refractivity contribution in [3.05, 3.63) is 58.1 Å². The lowest BCUT2D eigenvalue weighted by atomic mass is 10.2. The van der Waals surface area contributed by atoms with Gasteiger partial charge in [-0.05, 0) is 30.5 Å². The monoisotopic (exact) mass is 379 g/mol. The quantitative estimate of drug-likeness (QED) is 0.509. The number of halogens is 2. The van der Waals surface area contributed by atoms with E-state index in [1.54, 1.807) is 6.07 Å². The summed E-state index contributed by atoms with van der Waals surface area (Å²) in [5, 5.41) is 2.69. The van der Waals surface area contributed by atoms with Crippen molar-refractivity contribution >= 4 is 39.0 Å². The van der Waals surface area contributed by atoms with Crippen LogP contribution in [0.1, 0.15) is 0 Å². The molecule has 0 aliphatic carbocycles. The molecular formula is C16H11BrFNS2. The van der Waals surface area contributed by atoms with Gasteiger partial charge in [-0.2, -0.15) is 0 Å². The van der Waals surface area contributed by atoms with Crippen LogP contribution < -0.4 is 0 Å². The largest absolute Gasteiger partial charge is 0.236 e. The number of benzene rings is 2. The van der Waals surface area contributed by atoms with E-state index in [0.29, 0.717) is 5.56 Å². The molecule has 1 nitrogen and oxygen atoms in total. The smallest absolute Gasteiger partial charge is 0.134 e. The van der Waals surface area contributed by atoms with E-state index in [1.165, 1.54) is 29.2 Å². The Balaban J connectivity index is 2.05. The van der Waals surface area contributed by atoms with Crippen LogP contribution in [-0.2, 0) is 0 Å². The molecule has 3 aromatic rings. The highest BCUT2D eigenvalue weighted by molar-refractivity contribution is 9.10. The fourth-order valence-corrected chi connectivity index (χ4v) is 3.85. The van der Waals surface area contributed by atoms with Crippen molar-refractivity contribution in [2.75, 3.05) is 6.26 Å². The van der Waals surface area contributed by atoms with Gasteiger partial charge in [-0.15, -0.1) is 23.1 Å². The molecule has 21 heavy (non-hydrogen) atoms. The van der Waals surface area contributed by atoms with Crippen molar-refractivity contribution < 1.29 is 4.39 Å². The summed E-state index contributed by atoms with van der Waals surface area (Å²) in [5.74, 6) is -0.224. The first-order valence-corrected chi connectivity index (χ1v) is 9.13. The number of hydrogen-bond acceptors (Lipinski definition) is 3. The number of thioether (sulfide) groups is 1. The molecule has 0 radical (unpaired) electrons. The molecule has 0 saturated carbocycles. The van der Waals surface area contributed by atoms with Gasteiger partial charge in [0.05, 0.1) is 11.3 Å². The number of thiazole rings is 1. The second kappa shape index (κ2) is 6.30. The molecule has 3 rings (SSSR count). The molecule has 2 aromatic carbocycles. The first-order chi connectivity index (χ1) is 10.2. The van der Waals surface area contributed by atoms with Crippen LogP contribution in [0.5, 0.6) is 0 Å². The van der Waals surface area contributed by atoms with Crippen LogP contribution in [0.2, 0.25) is 0 Å². The lowest BCUT2D eigenvalue weighted by Gasteiger charge is -2.05. The molecule has 0 atom stereocenters. The third kappa shape index (κ3) is 3.05. The van der Waals surface area contributed by atoms with Crippen LogP contribution >= 0.6 is 39.0 Å². The van der Waals surface area contributed by atoms with Gasteiger partial charge in [0.15, 0.2) is 0 Å². The zero-order valence-electron chi connectivity index (χ0n) is 11.1. The van der Waals surface area contributed by atoms with Crippen LogP contribution in [0.25, 0.3) is 21.8 Å². The zero-order chi connectivity index (χ0) is 14.8. The summed E-state index contributed by atoms with van der Waals surface area (Å²) in [6.45, 7) is 0. The van der Waals surface area contributed by atoms with Crippen LogP contribution in [0.15, 0.2) is 57.2 Å². The van der Waals surface area contributed by atoms with Crippen molar-refractivity contribution in [2.24, 2.45) is 0 Å². The summed E-state index contributed by atoms with van der Waals surface area (Å²) < 4.78 is 15.2. The van der Waals surface area contributed by atoms with E-state index in [1.807, 2.05) is 42.0 Å². The molecule has 1 aromatic heterocycles. The Hall–Kier alpha value is -1.17. The third-order valence-electron chi connectivity index (χ3n) is 3.05. The Morgan fingerprint density at radius 1 is 1.14 bits per heavy atom. The second-order valence-corrected chi connectivity index (χ2v) is 6.98. The van der Waals surface area contributed by atoms with Crippen LogP contribution in [0.4, 0.5) is 4.39 Å². The maximum atomic E-state index is 14.1. The summed E-state index contributed by atoms with van der Waals surface area (Å²) >= 11 is 6.42. The number of nitrogens with zero attached hydrogens (tertiary/aromatic N) is 1. The van der Waals surface area contributed by atoms with Crippen molar-refractivity contribution in [1.29, 1.82) is 0 Å². The van der Waals surface area contributed by atoms with Crippen LogP contribution in [0.3, 0.4) is 0 Å². The van der Waals surface area contributed by atoms with Gasteiger partial charge in [0, 0.05) is 20.3 Å². The minimum Gasteiger partial charge on any atom is -0.236 e. The molecule has 0 fully saturated rings. The van der Waals surface area contributed by atoms with Gasteiger partial charge in [0.2, 0.25) is 0 Å². The van der Waals surface area contributed by atoms with Crippen LogP contribution in [-0.4, -0.2) is 11.2 Å². The van der Waals surface area contributed by atoms with E-state index >= 15 is 0 Å². The molecule has 0 spiro atoms. The van der Waals surface area contributed by atoms with Gasteiger partial charge in [-0.1, -0.05) is 34.1 Å². The van der Waals surface area contributed by atoms with Crippen molar-refractivity contribution in [2.45, 2.75) is 4.90 Å². The molecule has 0 unspecified atom stereocenters. The standard InChI is InChI=1S/C16H11BrFNS2/c1-20-14-4-2-3-12(18)15(14)16-19-13(9-21-16)10-5-7-11(17)8-6-10/h2-9H,1H3. The van der Waals surface area contributed by atoms with Gasteiger partial charge in [0.1, 0.15) is 10.8 Å². The maximum absolute atomic E-state index is 14.1. The van der Waals surface area contributed by atoms with Gasteiger partial charge in [-0.25, -0.2) is 9.37 Å². The van der Waals surface area contributed by atoms with Gasteiger partial charge in [0.25, 0.3) is 0 Å². The summed E-state index contributed by atoms with van der Waals surface area (Å²) in [6.07, 6.45) is 1.95. The highest BCUT2D eigenvalue weighted by atomic mass is 79.9. The average molecular weight is 380 g/mol. The van der Waals surface area contributed by atoms with E-state index in [9.17, 15) is 4.39 Å². The summed E-state index contributed by atoms with van der Waals surface area (Å²) in [5.41, 5.74) is 2.50. The lowest BCUT2D eigenvalue weighted by Crippen LogP contribution is -1.87. The molecule has 5 heteroatoms.